The molecule has 0 saturated carbocycles. The summed E-state index contributed by atoms with van der Waals surface area (Å²) in [7, 11) is 3.27. The van der Waals surface area contributed by atoms with Crippen LogP contribution in [-0.2, 0) is 6.54 Å². The summed E-state index contributed by atoms with van der Waals surface area (Å²) in [5.74, 6) is 1.42. The first-order valence-corrected chi connectivity index (χ1v) is 11.8. The summed E-state index contributed by atoms with van der Waals surface area (Å²) in [5.41, 5.74) is 4.30. The van der Waals surface area contributed by atoms with Gasteiger partial charge in [0.15, 0.2) is 5.78 Å². The highest BCUT2D eigenvalue weighted by Gasteiger charge is 2.25. The van der Waals surface area contributed by atoms with Gasteiger partial charge in [-0.3, -0.25) is 14.7 Å². The van der Waals surface area contributed by atoms with Crippen LogP contribution in [-0.4, -0.2) is 56.1 Å². The Labute approximate surface area is 205 Å². The van der Waals surface area contributed by atoms with Gasteiger partial charge >= 0.3 is 0 Å². The van der Waals surface area contributed by atoms with Gasteiger partial charge in [-0.05, 0) is 48.0 Å². The molecule has 5 rings (SSSR count). The number of fused-ring (bicyclic) bond motifs is 1. The van der Waals surface area contributed by atoms with Crippen molar-refractivity contribution in [1.29, 1.82) is 0 Å². The standard InChI is InChI=1S/C29H29N3O3/c1-34-23-10-8-22(9-11-23)29(33)26-19-30-27-13-12-24(35-2)18-25(27)28(26)32-16-14-31(15-17-32)20-21-6-4-3-5-7-21/h3-13,18-19H,14-17,20H2,1-2H3. The highest BCUT2D eigenvalue weighted by atomic mass is 16.5. The minimum Gasteiger partial charge on any atom is -0.497 e. The lowest BCUT2D eigenvalue weighted by Crippen LogP contribution is -2.46. The molecule has 0 aliphatic carbocycles. The van der Waals surface area contributed by atoms with Crippen LogP contribution < -0.4 is 14.4 Å². The third-order valence-electron chi connectivity index (χ3n) is 6.58. The molecule has 0 spiro atoms. The summed E-state index contributed by atoms with van der Waals surface area (Å²) in [6.07, 6.45) is 1.72. The molecule has 0 radical (unpaired) electrons. The van der Waals surface area contributed by atoms with Gasteiger partial charge in [0.1, 0.15) is 11.5 Å². The number of pyridine rings is 1. The largest absolute Gasteiger partial charge is 0.497 e. The Bertz CT molecular complexity index is 1310. The van der Waals surface area contributed by atoms with E-state index in [1.54, 1.807) is 32.5 Å². The SMILES string of the molecule is COc1ccc(C(=O)c2cnc3ccc(OC)cc3c2N2CCN(Cc3ccccc3)CC2)cc1. The fourth-order valence-corrected chi connectivity index (χ4v) is 4.66. The maximum atomic E-state index is 13.7. The van der Waals surface area contributed by atoms with E-state index in [0.717, 1.165) is 60.8 Å². The number of rotatable bonds is 7. The Morgan fingerprint density at radius 3 is 2.23 bits per heavy atom. The van der Waals surface area contributed by atoms with Crippen molar-refractivity contribution in [1.82, 2.24) is 9.88 Å². The van der Waals surface area contributed by atoms with Gasteiger partial charge in [0.25, 0.3) is 0 Å². The average molecular weight is 468 g/mol. The van der Waals surface area contributed by atoms with E-state index in [9.17, 15) is 4.79 Å². The van der Waals surface area contributed by atoms with Gasteiger partial charge in [-0.1, -0.05) is 30.3 Å². The normalized spacial score (nSPS) is 14.2. The Balaban J connectivity index is 1.49. The number of hydrogen-bond donors (Lipinski definition) is 0. The number of carbonyl (C=O) groups is 1. The summed E-state index contributed by atoms with van der Waals surface area (Å²) in [6, 6.07) is 23.6. The van der Waals surface area contributed by atoms with E-state index in [1.165, 1.54) is 5.56 Å². The molecule has 1 aliphatic heterocycles. The van der Waals surface area contributed by atoms with E-state index in [0.29, 0.717) is 11.1 Å². The summed E-state index contributed by atoms with van der Waals surface area (Å²) in [5, 5.41) is 0.931. The van der Waals surface area contributed by atoms with Crippen molar-refractivity contribution in [2.24, 2.45) is 0 Å². The zero-order valence-corrected chi connectivity index (χ0v) is 20.1. The minimum atomic E-state index is -0.0495. The molecule has 1 aliphatic rings. The molecular weight excluding hydrogens is 438 g/mol. The molecule has 1 saturated heterocycles. The summed E-state index contributed by atoms with van der Waals surface area (Å²) >= 11 is 0. The van der Waals surface area contributed by atoms with Crippen LogP contribution in [0.5, 0.6) is 11.5 Å². The summed E-state index contributed by atoms with van der Waals surface area (Å²) in [6.45, 7) is 4.41. The van der Waals surface area contributed by atoms with E-state index in [-0.39, 0.29) is 5.78 Å². The van der Waals surface area contributed by atoms with Crippen LogP contribution in [0.15, 0.2) is 79.0 Å². The molecule has 6 nitrogen and oxygen atoms in total. The fourth-order valence-electron chi connectivity index (χ4n) is 4.66. The number of benzene rings is 3. The van der Waals surface area contributed by atoms with Crippen LogP contribution in [0.3, 0.4) is 0 Å². The molecule has 1 aromatic heterocycles. The summed E-state index contributed by atoms with van der Waals surface area (Å²) < 4.78 is 10.8. The Morgan fingerprint density at radius 2 is 1.54 bits per heavy atom. The maximum Gasteiger partial charge on any atom is 0.196 e. The van der Waals surface area contributed by atoms with Crippen LogP contribution in [0, 0.1) is 0 Å². The molecule has 2 heterocycles. The molecule has 178 valence electrons. The smallest absolute Gasteiger partial charge is 0.196 e. The monoisotopic (exact) mass is 467 g/mol. The van der Waals surface area contributed by atoms with Crippen molar-refractivity contribution in [3.8, 4) is 11.5 Å². The van der Waals surface area contributed by atoms with Gasteiger partial charge in [0, 0.05) is 49.9 Å². The highest BCUT2D eigenvalue weighted by molar-refractivity contribution is 6.16. The van der Waals surface area contributed by atoms with Crippen LogP contribution in [0.4, 0.5) is 5.69 Å². The second-order valence-corrected chi connectivity index (χ2v) is 8.71. The Morgan fingerprint density at radius 1 is 0.857 bits per heavy atom. The van der Waals surface area contributed by atoms with Crippen molar-refractivity contribution >= 4 is 22.4 Å². The first-order valence-electron chi connectivity index (χ1n) is 11.8. The molecule has 0 bridgehead atoms. The van der Waals surface area contributed by atoms with E-state index in [1.807, 2.05) is 36.4 Å². The number of hydrogen-bond acceptors (Lipinski definition) is 6. The number of nitrogens with zero attached hydrogens (tertiary/aromatic N) is 3. The Kier molecular flexibility index (Phi) is 6.64. The van der Waals surface area contributed by atoms with Gasteiger partial charge in [-0.25, -0.2) is 0 Å². The third-order valence-corrected chi connectivity index (χ3v) is 6.58. The van der Waals surface area contributed by atoms with Crippen molar-refractivity contribution in [2.75, 3.05) is 45.3 Å². The van der Waals surface area contributed by atoms with Crippen LogP contribution in [0.25, 0.3) is 10.9 Å². The quantitative estimate of drug-likeness (QED) is 0.364. The number of ketones is 1. The zero-order chi connectivity index (χ0) is 24.2. The minimum absolute atomic E-state index is 0.0495. The second-order valence-electron chi connectivity index (χ2n) is 8.71. The zero-order valence-electron chi connectivity index (χ0n) is 20.1. The predicted molar refractivity (Wildman–Crippen MR) is 139 cm³/mol. The maximum absolute atomic E-state index is 13.7. The van der Waals surface area contributed by atoms with E-state index >= 15 is 0 Å². The van der Waals surface area contributed by atoms with Crippen molar-refractivity contribution in [3.63, 3.8) is 0 Å². The number of piperazine rings is 1. The van der Waals surface area contributed by atoms with Crippen molar-refractivity contribution in [2.45, 2.75) is 6.54 Å². The highest BCUT2D eigenvalue weighted by Crippen LogP contribution is 2.34. The topological polar surface area (TPSA) is 54.9 Å². The van der Waals surface area contributed by atoms with Crippen LogP contribution >= 0.6 is 0 Å². The van der Waals surface area contributed by atoms with Gasteiger partial charge < -0.3 is 14.4 Å². The van der Waals surface area contributed by atoms with E-state index in [2.05, 4.69) is 39.0 Å². The van der Waals surface area contributed by atoms with Gasteiger partial charge in [0.2, 0.25) is 0 Å². The molecule has 4 aromatic rings. The summed E-state index contributed by atoms with van der Waals surface area (Å²) in [4.78, 5) is 23.1. The number of aromatic nitrogens is 1. The average Bonchev–Trinajstić information content (AvgIpc) is 2.93. The third kappa shape index (κ3) is 4.84. The molecule has 0 unspecified atom stereocenters. The molecule has 0 N–H and O–H groups in total. The molecule has 35 heavy (non-hydrogen) atoms. The molecule has 6 heteroatoms. The number of carbonyl (C=O) groups excluding carboxylic acids is 1. The lowest BCUT2D eigenvalue weighted by Gasteiger charge is -2.37. The van der Waals surface area contributed by atoms with Crippen molar-refractivity contribution < 1.29 is 14.3 Å². The second kappa shape index (κ2) is 10.2. The van der Waals surface area contributed by atoms with Gasteiger partial charge in [0.05, 0.1) is 31.0 Å². The number of ether oxygens (including phenoxy) is 2. The number of anilines is 1. The predicted octanol–water partition coefficient (Wildman–Crippen LogP) is 4.81. The van der Waals surface area contributed by atoms with Gasteiger partial charge in [-0.15, -0.1) is 0 Å². The molecular formula is C29H29N3O3. The van der Waals surface area contributed by atoms with Crippen molar-refractivity contribution in [3.05, 3.63) is 95.7 Å². The molecule has 0 amide bonds. The molecule has 1 fully saturated rings. The Hall–Kier alpha value is -3.90. The fraction of sp³-hybridized carbons (Fsp3) is 0.241. The lowest BCUT2D eigenvalue weighted by atomic mass is 9.99. The van der Waals surface area contributed by atoms with E-state index < -0.39 is 0 Å². The van der Waals surface area contributed by atoms with Gasteiger partial charge in [-0.2, -0.15) is 0 Å². The molecule has 3 aromatic carbocycles. The van der Waals surface area contributed by atoms with Crippen LogP contribution in [0.1, 0.15) is 21.5 Å². The van der Waals surface area contributed by atoms with Crippen LogP contribution in [0.2, 0.25) is 0 Å². The molecule has 0 atom stereocenters. The number of methoxy groups -OCH3 is 2. The first-order chi connectivity index (χ1) is 17.2. The first kappa shape index (κ1) is 22.9. The van der Waals surface area contributed by atoms with E-state index in [4.69, 9.17) is 9.47 Å². The lowest BCUT2D eigenvalue weighted by molar-refractivity contribution is 0.103.